The van der Waals surface area contributed by atoms with Gasteiger partial charge in [-0.05, 0) is 25.3 Å². The number of H-pyrrole nitrogens is 1. The summed E-state index contributed by atoms with van der Waals surface area (Å²) in [6.45, 7) is 1.94. The van der Waals surface area contributed by atoms with Crippen LogP contribution in [-0.4, -0.2) is 16.1 Å². The molecule has 3 rings (SSSR count). The molecule has 1 aromatic carbocycles. The van der Waals surface area contributed by atoms with Crippen molar-refractivity contribution in [1.29, 1.82) is 0 Å². The van der Waals surface area contributed by atoms with Crippen LogP contribution in [0.5, 0.6) is 0 Å². The van der Waals surface area contributed by atoms with E-state index in [2.05, 4.69) is 15.5 Å². The van der Waals surface area contributed by atoms with Gasteiger partial charge in [0.25, 0.3) is 5.91 Å². The summed E-state index contributed by atoms with van der Waals surface area (Å²) >= 11 is 0. The number of nitrogen functional groups attached to an aromatic ring is 1. The van der Waals surface area contributed by atoms with E-state index < -0.39 is 0 Å². The first-order valence-electron chi connectivity index (χ1n) is 6.86. The molecule has 1 aromatic heterocycles. The van der Waals surface area contributed by atoms with Crippen LogP contribution < -0.4 is 11.1 Å². The van der Waals surface area contributed by atoms with Gasteiger partial charge in [0.15, 0.2) is 5.69 Å². The third-order valence-electron chi connectivity index (χ3n) is 3.68. The van der Waals surface area contributed by atoms with Gasteiger partial charge in [-0.25, -0.2) is 0 Å². The van der Waals surface area contributed by atoms with Crippen LogP contribution in [0.1, 0.15) is 53.5 Å². The molecule has 0 aliphatic heterocycles. The monoisotopic (exact) mass is 270 g/mol. The highest BCUT2D eigenvalue weighted by Gasteiger charge is 2.30. The van der Waals surface area contributed by atoms with Crippen LogP contribution in [0.3, 0.4) is 0 Å². The molecule has 0 unspecified atom stereocenters. The topological polar surface area (TPSA) is 83.8 Å². The molecule has 1 fully saturated rings. The van der Waals surface area contributed by atoms with Crippen LogP contribution in [0.25, 0.3) is 0 Å². The predicted molar refractivity (Wildman–Crippen MR) is 77.3 cm³/mol. The largest absolute Gasteiger partial charge is 0.395 e. The van der Waals surface area contributed by atoms with Crippen LogP contribution in [0, 0.1) is 0 Å². The lowest BCUT2D eigenvalue weighted by Crippen LogP contribution is -2.27. The van der Waals surface area contributed by atoms with E-state index in [1.165, 1.54) is 0 Å². The third-order valence-corrected chi connectivity index (χ3v) is 3.68. The fraction of sp³-hybridized carbons (Fsp3) is 0.333. The number of aromatic amines is 1. The van der Waals surface area contributed by atoms with Crippen molar-refractivity contribution in [2.75, 3.05) is 5.73 Å². The molecular weight excluding hydrogens is 252 g/mol. The second-order valence-corrected chi connectivity index (χ2v) is 5.28. The molecule has 1 atom stereocenters. The van der Waals surface area contributed by atoms with Gasteiger partial charge in [-0.15, -0.1) is 0 Å². The molecule has 104 valence electrons. The minimum absolute atomic E-state index is 0.0795. The lowest BCUT2D eigenvalue weighted by Gasteiger charge is -2.13. The fourth-order valence-electron chi connectivity index (χ4n) is 2.31. The average molecular weight is 270 g/mol. The zero-order valence-corrected chi connectivity index (χ0v) is 11.4. The number of nitrogens with zero attached hydrogens (tertiary/aromatic N) is 1. The lowest BCUT2D eigenvalue weighted by molar-refractivity contribution is 0.0935. The number of amides is 1. The highest BCUT2D eigenvalue weighted by atomic mass is 16.2. The van der Waals surface area contributed by atoms with Crippen LogP contribution in [0.15, 0.2) is 30.3 Å². The first-order valence-corrected chi connectivity index (χ1v) is 6.86. The number of carbonyl (C=O) groups is 1. The molecule has 5 nitrogen and oxygen atoms in total. The molecule has 0 radical (unpaired) electrons. The van der Waals surface area contributed by atoms with Gasteiger partial charge in [0.1, 0.15) is 0 Å². The molecular formula is C15H18N4O. The molecule has 1 amide bonds. The van der Waals surface area contributed by atoms with Crippen molar-refractivity contribution in [1.82, 2.24) is 15.5 Å². The number of aromatic nitrogens is 2. The zero-order valence-electron chi connectivity index (χ0n) is 11.4. The second kappa shape index (κ2) is 5.00. The second-order valence-electron chi connectivity index (χ2n) is 5.28. The van der Waals surface area contributed by atoms with E-state index in [1.807, 2.05) is 37.3 Å². The van der Waals surface area contributed by atoms with E-state index in [4.69, 9.17) is 5.73 Å². The summed E-state index contributed by atoms with van der Waals surface area (Å²) in [4.78, 5) is 12.2. The Morgan fingerprint density at radius 3 is 2.75 bits per heavy atom. The number of rotatable bonds is 4. The first kappa shape index (κ1) is 12.7. The van der Waals surface area contributed by atoms with Crippen molar-refractivity contribution in [3.8, 4) is 0 Å². The van der Waals surface area contributed by atoms with Gasteiger partial charge in [-0.2, -0.15) is 5.10 Å². The number of nitrogens with two attached hydrogens (primary N) is 1. The minimum Gasteiger partial charge on any atom is -0.395 e. The van der Waals surface area contributed by atoms with Gasteiger partial charge in [0.05, 0.1) is 17.4 Å². The van der Waals surface area contributed by atoms with E-state index in [0.717, 1.165) is 24.1 Å². The Morgan fingerprint density at radius 2 is 2.10 bits per heavy atom. The van der Waals surface area contributed by atoms with Crippen molar-refractivity contribution < 1.29 is 4.79 Å². The molecule has 1 aliphatic carbocycles. The van der Waals surface area contributed by atoms with Crippen LogP contribution >= 0.6 is 0 Å². The Kier molecular flexibility index (Phi) is 3.18. The van der Waals surface area contributed by atoms with Crippen molar-refractivity contribution in [2.24, 2.45) is 0 Å². The Hall–Kier alpha value is -2.30. The van der Waals surface area contributed by atoms with Crippen molar-refractivity contribution in [3.63, 3.8) is 0 Å². The Balaban J connectivity index is 1.73. The van der Waals surface area contributed by atoms with Crippen molar-refractivity contribution in [3.05, 3.63) is 47.3 Å². The normalized spacial score (nSPS) is 15.8. The quantitative estimate of drug-likeness (QED) is 0.797. The zero-order chi connectivity index (χ0) is 14.1. The summed E-state index contributed by atoms with van der Waals surface area (Å²) in [6, 6.07) is 9.73. The fourth-order valence-corrected chi connectivity index (χ4v) is 2.31. The highest BCUT2D eigenvalue weighted by molar-refractivity contribution is 5.98. The third kappa shape index (κ3) is 2.39. The van der Waals surface area contributed by atoms with E-state index >= 15 is 0 Å². The standard InChI is InChI=1S/C15H18N4O/c1-9(10-5-3-2-4-6-10)17-15(20)14-12(16)13(18-19-14)11-7-8-11/h2-6,9,11H,7-8,16H2,1H3,(H,17,20)(H,18,19)/t9-/m0/s1. The van der Waals surface area contributed by atoms with Gasteiger partial charge >= 0.3 is 0 Å². The Bertz CT molecular complexity index is 616. The number of benzene rings is 1. The molecule has 2 aromatic rings. The summed E-state index contributed by atoms with van der Waals surface area (Å²) < 4.78 is 0. The van der Waals surface area contributed by atoms with Gasteiger partial charge in [0, 0.05) is 5.92 Å². The van der Waals surface area contributed by atoms with E-state index in [9.17, 15) is 4.79 Å². The van der Waals surface area contributed by atoms with Crippen LogP contribution in [0.4, 0.5) is 5.69 Å². The SMILES string of the molecule is C[C@H](NC(=O)c1n[nH]c(C2CC2)c1N)c1ccccc1. The molecule has 0 bridgehead atoms. The number of hydrogen-bond acceptors (Lipinski definition) is 3. The summed E-state index contributed by atoms with van der Waals surface area (Å²) in [7, 11) is 0. The molecule has 1 aliphatic rings. The van der Waals surface area contributed by atoms with Gasteiger partial charge < -0.3 is 11.1 Å². The molecule has 20 heavy (non-hydrogen) atoms. The van der Waals surface area contributed by atoms with Crippen molar-refractivity contribution >= 4 is 11.6 Å². The van der Waals surface area contributed by atoms with Crippen LogP contribution in [0.2, 0.25) is 0 Å². The summed E-state index contributed by atoms with van der Waals surface area (Å²) in [5.41, 5.74) is 8.75. The maximum atomic E-state index is 12.2. The van der Waals surface area contributed by atoms with E-state index in [-0.39, 0.29) is 11.9 Å². The minimum atomic E-state index is -0.234. The predicted octanol–water partition coefficient (Wildman–Crippen LogP) is 2.36. The molecule has 1 saturated carbocycles. The molecule has 1 heterocycles. The Labute approximate surface area is 117 Å². The Morgan fingerprint density at radius 1 is 1.40 bits per heavy atom. The number of anilines is 1. The molecule has 0 saturated heterocycles. The molecule has 4 N–H and O–H groups in total. The number of nitrogens with one attached hydrogen (secondary N) is 2. The maximum absolute atomic E-state index is 12.2. The molecule has 0 spiro atoms. The average Bonchev–Trinajstić information content (AvgIpc) is 3.22. The van der Waals surface area contributed by atoms with Gasteiger partial charge in [-0.3, -0.25) is 9.89 Å². The lowest BCUT2D eigenvalue weighted by atomic mass is 10.1. The first-order chi connectivity index (χ1) is 9.66. The number of hydrogen-bond donors (Lipinski definition) is 3. The van der Waals surface area contributed by atoms with Crippen LogP contribution in [-0.2, 0) is 0 Å². The highest BCUT2D eigenvalue weighted by Crippen LogP contribution is 2.42. The summed E-state index contributed by atoms with van der Waals surface area (Å²) in [5, 5.41) is 9.88. The summed E-state index contributed by atoms with van der Waals surface area (Å²) in [6.07, 6.45) is 2.24. The molecule has 5 heteroatoms. The number of carbonyl (C=O) groups excluding carboxylic acids is 1. The van der Waals surface area contributed by atoms with Crippen molar-refractivity contribution in [2.45, 2.75) is 31.7 Å². The smallest absolute Gasteiger partial charge is 0.274 e. The van der Waals surface area contributed by atoms with E-state index in [1.54, 1.807) is 0 Å². The maximum Gasteiger partial charge on any atom is 0.274 e. The summed E-state index contributed by atoms with van der Waals surface area (Å²) in [5.74, 6) is 0.220. The van der Waals surface area contributed by atoms with E-state index in [0.29, 0.717) is 17.3 Å². The van der Waals surface area contributed by atoms with Gasteiger partial charge in [-0.1, -0.05) is 30.3 Å². The van der Waals surface area contributed by atoms with Gasteiger partial charge in [0.2, 0.25) is 0 Å².